The van der Waals surface area contributed by atoms with E-state index < -0.39 is 0 Å². The maximum absolute atomic E-state index is 12.8. The van der Waals surface area contributed by atoms with Crippen molar-refractivity contribution in [1.29, 1.82) is 0 Å². The smallest absolute Gasteiger partial charge is 0.261 e. The number of rotatable bonds is 9. The molecule has 0 atom stereocenters. The van der Waals surface area contributed by atoms with Gasteiger partial charge >= 0.3 is 0 Å². The molecule has 4 aromatic rings. The van der Waals surface area contributed by atoms with E-state index in [1.54, 1.807) is 29.6 Å². The fourth-order valence-electron chi connectivity index (χ4n) is 3.98. The molecule has 0 bridgehead atoms. The van der Waals surface area contributed by atoms with Gasteiger partial charge in [0.05, 0.1) is 35.4 Å². The predicted molar refractivity (Wildman–Crippen MR) is 127 cm³/mol. The number of carbonyl (C=O) groups excluding carboxylic acids is 1. The van der Waals surface area contributed by atoms with Crippen LogP contribution in [0.5, 0.6) is 5.75 Å². The fraction of sp³-hybridized carbons (Fsp3) is 0.333. The first kappa shape index (κ1) is 22.5. The van der Waals surface area contributed by atoms with Crippen molar-refractivity contribution in [3.63, 3.8) is 0 Å². The van der Waals surface area contributed by atoms with Crippen molar-refractivity contribution >= 4 is 27.7 Å². The average molecular weight is 449 g/mol. The molecule has 0 aliphatic heterocycles. The monoisotopic (exact) mass is 448 g/mol. The molecule has 0 fully saturated rings. The standard InChI is InChI=1S/C24H28N6O3/c1-28(15-17-7-4-5-10-25-17)12-6-11-26-22(31)16-30-23-19-13-18(33-3)8-9-21(19)29(2)24(32)20(23)14-27-30/h4-5,7-10,13-14H,6,11-12,15-16H2,1-3H3,(H,26,31). The van der Waals surface area contributed by atoms with Crippen molar-refractivity contribution in [2.45, 2.75) is 19.5 Å². The Morgan fingerprint density at radius 1 is 1.21 bits per heavy atom. The molecule has 33 heavy (non-hydrogen) atoms. The number of aryl methyl sites for hydroxylation is 1. The van der Waals surface area contributed by atoms with Crippen LogP contribution in [0.15, 0.2) is 53.6 Å². The molecular weight excluding hydrogens is 420 g/mol. The van der Waals surface area contributed by atoms with Crippen molar-refractivity contribution in [1.82, 2.24) is 29.5 Å². The summed E-state index contributed by atoms with van der Waals surface area (Å²) in [6, 6.07) is 11.4. The first-order valence-electron chi connectivity index (χ1n) is 10.9. The second-order valence-corrected chi connectivity index (χ2v) is 8.07. The lowest BCUT2D eigenvalue weighted by Gasteiger charge is -2.16. The van der Waals surface area contributed by atoms with Crippen LogP contribution in [0.25, 0.3) is 21.8 Å². The molecule has 0 unspecified atom stereocenters. The molecule has 1 amide bonds. The van der Waals surface area contributed by atoms with Crippen molar-refractivity contribution in [2.75, 3.05) is 27.2 Å². The van der Waals surface area contributed by atoms with Gasteiger partial charge in [-0.15, -0.1) is 0 Å². The summed E-state index contributed by atoms with van der Waals surface area (Å²) in [6.07, 6.45) is 4.13. The van der Waals surface area contributed by atoms with E-state index in [2.05, 4.69) is 20.3 Å². The van der Waals surface area contributed by atoms with E-state index in [0.717, 1.165) is 36.1 Å². The number of fused-ring (bicyclic) bond motifs is 3. The van der Waals surface area contributed by atoms with Crippen LogP contribution in [-0.2, 0) is 24.9 Å². The second kappa shape index (κ2) is 9.83. The van der Waals surface area contributed by atoms with Gasteiger partial charge in [-0.25, -0.2) is 0 Å². The van der Waals surface area contributed by atoms with Gasteiger partial charge in [-0.3, -0.25) is 19.3 Å². The minimum atomic E-state index is -0.149. The third kappa shape index (κ3) is 4.88. The first-order valence-corrected chi connectivity index (χ1v) is 10.9. The number of amides is 1. The quantitative estimate of drug-likeness (QED) is 0.393. The van der Waals surface area contributed by atoms with E-state index in [1.165, 1.54) is 6.20 Å². The number of methoxy groups -OCH3 is 1. The lowest BCUT2D eigenvalue weighted by Crippen LogP contribution is -2.31. The van der Waals surface area contributed by atoms with E-state index in [-0.39, 0.29) is 18.0 Å². The minimum Gasteiger partial charge on any atom is -0.497 e. The number of carbonyl (C=O) groups is 1. The number of pyridine rings is 2. The zero-order valence-electron chi connectivity index (χ0n) is 19.1. The van der Waals surface area contributed by atoms with Crippen LogP contribution < -0.4 is 15.6 Å². The van der Waals surface area contributed by atoms with Crippen LogP contribution in [0.4, 0.5) is 0 Å². The Hall–Kier alpha value is -3.72. The second-order valence-electron chi connectivity index (χ2n) is 8.07. The van der Waals surface area contributed by atoms with Crippen LogP contribution >= 0.6 is 0 Å². The van der Waals surface area contributed by atoms with Gasteiger partial charge in [0.2, 0.25) is 5.91 Å². The maximum atomic E-state index is 12.8. The minimum absolute atomic E-state index is 0.0345. The topological polar surface area (TPSA) is 94.3 Å². The summed E-state index contributed by atoms with van der Waals surface area (Å²) in [4.78, 5) is 31.9. The van der Waals surface area contributed by atoms with Gasteiger partial charge in [-0.2, -0.15) is 5.10 Å². The highest BCUT2D eigenvalue weighted by Gasteiger charge is 2.16. The molecule has 1 aromatic carbocycles. The van der Waals surface area contributed by atoms with Gasteiger partial charge in [0.15, 0.2) is 0 Å². The Morgan fingerprint density at radius 3 is 2.82 bits per heavy atom. The summed E-state index contributed by atoms with van der Waals surface area (Å²) in [5, 5.41) is 8.57. The molecule has 9 heteroatoms. The molecule has 0 saturated carbocycles. The molecular formula is C24H28N6O3. The average Bonchev–Trinajstić information content (AvgIpc) is 3.24. The van der Waals surface area contributed by atoms with Crippen LogP contribution in [-0.4, -0.2) is 57.4 Å². The summed E-state index contributed by atoms with van der Waals surface area (Å²) in [6.45, 7) is 2.19. The Balaban J connectivity index is 1.41. The van der Waals surface area contributed by atoms with Gasteiger partial charge < -0.3 is 19.5 Å². The highest BCUT2D eigenvalue weighted by Crippen LogP contribution is 2.26. The molecule has 9 nitrogen and oxygen atoms in total. The van der Waals surface area contributed by atoms with E-state index >= 15 is 0 Å². The molecule has 0 spiro atoms. The Bertz CT molecular complexity index is 1330. The van der Waals surface area contributed by atoms with Gasteiger partial charge in [0, 0.05) is 31.7 Å². The SMILES string of the molecule is COc1ccc2c(c1)c1c(cnn1CC(=O)NCCCN(C)Cc1ccccn1)c(=O)n2C. The maximum Gasteiger partial charge on any atom is 0.261 e. The Labute approximate surface area is 191 Å². The summed E-state index contributed by atoms with van der Waals surface area (Å²) >= 11 is 0. The van der Waals surface area contributed by atoms with Crippen molar-refractivity contribution in [3.05, 3.63) is 64.8 Å². The van der Waals surface area contributed by atoms with Crippen LogP contribution in [0.2, 0.25) is 0 Å². The van der Waals surface area contributed by atoms with Gasteiger partial charge in [0.1, 0.15) is 12.3 Å². The normalized spacial score (nSPS) is 11.4. The van der Waals surface area contributed by atoms with Gasteiger partial charge in [0.25, 0.3) is 5.56 Å². The molecule has 0 saturated heterocycles. The number of hydrogen-bond acceptors (Lipinski definition) is 6. The van der Waals surface area contributed by atoms with Crippen LogP contribution in [0.1, 0.15) is 12.1 Å². The van der Waals surface area contributed by atoms with Gasteiger partial charge in [-0.1, -0.05) is 6.07 Å². The molecule has 172 valence electrons. The molecule has 4 rings (SSSR count). The summed E-state index contributed by atoms with van der Waals surface area (Å²) in [7, 11) is 5.36. The highest BCUT2D eigenvalue weighted by molar-refractivity contribution is 6.04. The van der Waals surface area contributed by atoms with Crippen molar-refractivity contribution < 1.29 is 9.53 Å². The molecule has 0 radical (unpaired) electrons. The van der Waals surface area contributed by atoms with Crippen molar-refractivity contribution in [2.24, 2.45) is 7.05 Å². The Kier molecular flexibility index (Phi) is 6.69. The Morgan fingerprint density at radius 2 is 2.06 bits per heavy atom. The molecule has 1 N–H and O–H groups in total. The summed E-state index contributed by atoms with van der Waals surface area (Å²) in [5.41, 5.74) is 2.26. The predicted octanol–water partition coefficient (Wildman–Crippen LogP) is 1.93. The fourth-order valence-corrected chi connectivity index (χ4v) is 3.98. The lowest BCUT2D eigenvalue weighted by atomic mass is 10.1. The largest absolute Gasteiger partial charge is 0.497 e. The summed E-state index contributed by atoms with van der Waals surface area (Å²) < 4.78 is 8.53. The molecule has 3 aromatic heterocycles. The van der Waals surface area contributed by atoms with Gasteiger partial charge in [-0.05, 0) is 50.3 Å². The number of benzene rings is 1. The zero-order chi connectivity index (χ0) is 23.4. The lowest BCUT2D eigenvalue weighted by molar-refractivity contribution is -0.121. The number of aromatic nitrogens is 4. The van der Waals surface area contributed by atoms with Crippen LogP contribution in [0.3, 0.4) is 0 Å². The number of hydrogen-bond donors (Lipinski definition) is 1. The van der Waals surface area contributed by atoms with E-state index in [0.29, 0.717) is 23.2 Å². The van der Waals surface area contributed by atoms with E-state index in [9.17, 15) is 9.59 Å². The first-order chi connectivity index (χ1) is 16.0. The van der Waals surface area contributed by atoms with Crippen molar-refractivity contribution in [3.8, 4) is 5.75 Å². The zero-order valence-corrected chi connectivity index (χ0v) is 19.1. The van der Waals surface area contributed by atoms with Crippen LogP contribution in [0, 0.1) is 0 Å². The number of ether oxygens (including phenoxy) is 1. The van der Waals surface area contributed by atoms with E-state index in [4.69, 9.17) is 4.74 Å². The highest BCUT2D eigenvalue weighted by atomic mass is 16.5. The number of nitrogens with one attached hydrogen (secondary N) is 1. The number of nitrogens with zero attached hydrogens (tertiary/aromatic N) is 5. The van der Waals surface area contributed by atoms with E-state index in [1.807, 2.05) is 43.4 Å². The molecule has 3 heterocycles. The third-order valence-corrected chi connectivity index (χ3v) is 5.68. The molecule has 0 aliphatic carbocycles. The summed E-state index contributed by atoms with van der Waals surface area (Å²) in [5.74, 6) is 0.526. The molecule has 0 aliphatic rings. The third-order valence-electron chi connectivity index (χ3n) is 5.68.